The van der Waals surface area contributed by atoms with Crippen LogP contribution in [-0.4, -0.2) is 47.1 Å². The zero-order valence-corrected chi connectivity index (χ0v) is 18.6. The lowest BCUT2D eigenvalue weighted by Crippen LogP contribution is -2.53. The van der Waals surface area contributed by atoms with Gasteiger partial charge < -0.3 is 19.7 Å². The SMILES string of the molecule is CC(C)C[C@H](NC(=O)OC(C)(C)C)C(=O)N1CCC[C@H]1C(=O)OCc1ccccc1. The number of rotatable bonds is 7. The molecule has 2 rings (SSSR count). The van der Waals surface area contributed by atoms with E-state index in [1.54, 1.807) is 20.8 Å². The fourth-order valence-electron chi connectivity index (χ4n) is 3.44. The van der Waals surface area contributed by atoms with Gasteiger partial charge in [-0.3, -0.25) is 4.79 Å². The maximum atomic E-state index is 13.2. The minimum absolute atomic E-state index is 0.170. The van der Waals surface area contributed by atoms with Crippen LogP contribution in [-0.2, 0) is 25.7 Å². The second kappa shape index (κ2) is 10.5. The molecule has 0 spiro atoms. The number of esters is 1. The lowest BCUT2D eigenvalue weighted by atomic mass is 10.0. The number of nitrogens with zero attached hydrogens (tertiary/aromatic N) is 1. The summed E-state index contributed by atoms with van der Waals surface area (Å²) in [5.74, 6) is -0.501. The van der Waals surface area contributed by atoms with Crippen LogP contribution in [0.3, 0.4) is 0 Å². The van der Waals surface area contributed by atoms with Gasteiger partial charge in [-0.1, -0.05) is 44.2 Å². The lowest BCUT2D eigenvalue weighted by Gasteiger charge is -2.29. The van der Waals surface area contributed by atoms with Crippen LogP contribution >= 0.6 is 0 Å². The smallest absolute Gasteiger partial charge is 0.408 e. The zero-order chi connectivity index (χ0) is 22.3. The molecule has 166 valence electrons. The number of alkyl carbamates (subject to hydrolysis) is 1. The van der Waals surface area contributed by atoms with Gasteiger partial charge in [0.25, 0.3) is 0 Å². The minimum atomic E-state index is -0.748. The van der Waals surface area contributed by atoms with Crippen molar-refractivity contribution in [2.45, 2.75) is 78.2 Å². The lowest BCUT2D eigenvalue weighted by molar-refractivity contribution is -0.155. The van der Waals surface area contributed by atoms with Gasteiger partial charge in [-0.05, 0) is 51.5 Å². The molecular formula is C23H34N2O5. The molecule has 1 fully saturated rings. The molecule has 1 aromatic carbocycles. The van der Waals surface area contributed by atoms with Gasteiger partial charge in [-0.25, -0.2) is 9.59 Å². The molecule has 2 amide bonds. The van der Waals surface area contributed by atoms with E-state index in [-0.39, 0.29) is 18.4 Å². The highest BCUT2D eigenvalue weighted by Crippen LogP contribution is 2.22. The maximum absolute atomic E-state index is 13.2. The van der Waals surface area contributed by atoms with Crippen LogP contribution in [0.2, 0.25) is 0 Å². The van der Waals surface area contributed by atoms with E-state index < -0.39 is 29.7 Å². The Kier molecular flexibility index (Phi) is 8.26. The molecule has 0 saturated carbocycles. The highest BCUT2D eigenvalue weighted by atomic mass is 16.6. The molecule has 7 nitrogen and oxygen atoms in total. The van der Waals surface area contributed by atoms with Crippen LogP contribution < -0.4 is 5.32 Å². The molecule has 0 unspecified atom stereocenters. The number of hydrogen-bond acceptors (Lipinski definition) is 5. The van der Waals surface area contributed by atoms with E-state index in [9.17, 15) is 14.4 Å². The molecule has 1 N–H and O–H groups in total. The Morgan fingerprint density at radius 1 is 1.17 bits per heavy atom. The van der Waals surface area contributed by atoms with Crippen molar-refractivity contribution in [3.8, 4) is 0 Å². The summed E-state index contributed by atoms with van der Waals surface area (Å²) in [6, 6.07) is 8.05. The molecular weight excluding hydrogens is 384 g/mol. The summed E-state index contributed by atoms with van der Waals surface area (Å²) < 4.78 is 10.8. The average molecular weight is 419 g/mol. The van der Waals surface area contributed by atoms with Gasteiger partial charge in [-0.2, -0.15) is 0 Å². The Labute approximate surface area is 179 Å². The zero-order valence-electron chi connectivity index (χ0n) is 18.6. The predicted octanol–water partition coefficient (Wildman–Crippen LogP) is 3.66. The first-order valence-electron chi connectivity index (χ1n) is 10.6. The van der Waals surface area contributed by atoms with E-state index in [1.807, 2.05) is 44.2 Å². The van der Waals surface area contributed by atoms with E-state index in [4.69, 9.17) is 9.47 Å². The van der Waals surface area contributed by atoms with E-state index in [1.165, 1.54) is 4.90 Å². The predicted molar refractivity (Wildman–Crippen MR) is 114 cm³/mol. The number of hydrogen-bond donors (Lipinski definition) is 1. The number of ether oxygens (including phenoxy) is 2. The fraction of sp³-hybridized carbons (Fsp3) is 0.609. The summed E-state index contributed by atoms with van der Waals surface area (Å²) in [6.07, 6.45) is 1.10. The fourth-order valence-corrected chi connectivity index (χ4v) is 3.44. The Bertz CT molecular complexity index is 727. The molecule has 1 saturated heterocycles. The Morgan fingerprint density at radius 3 is 2.43 bits per heavy atom. The second-order valence-corrected chi connectivity index (χ2v) is 9.11. The first-order valence-corrected chi connectivity index (χ1v) is 10.6. The molecule has 0 radical (unpaired) electrons. The standard InChI is InChI=1S/C23H34N2O5/c1-16(2)14-18(24-22(28)30-23(3,4)5)20(26)25-13-9-12-19(25)21(27)29-15-17-10-7-6-8-11-17/h6-8,10-11,16,18-19H,9,12-15H2,1-5H3,(H,24,28)/t18-,19-/m0/s1. The minimum Gasteiger partial charge on any atom is -0.459 e. The van der Waals surface area contributed by atoms with Crippen molar-refractivity contribution in [3.05, 3.63) is 35.9 Å². The van der Waals surface area contributed by atoms with Gasteiger partial charge in [0.2, 0.25) is 5.91 Å². The summed E-state index contributed by atoms with van der Waals surface area (Å²) in [6.45, 7) is 9.90. The average Bonchev–Trinajstić information content (AvgIpc) is 3.13. The third kappa shape index (κ3) is 7.35. The Balaban J connectivity index is 2.03. The van der Waals surface area contributed by atoms with Crippen LogP contribution in [0.1, 0.15) is 59.4 Å². The van der Waals surface area contributed by atoms with Crippen molar-refractivity contribution < 1.29 is 23.9 Å². The van der Waals surface area contributed by atoms with Crippen LogP contribution in [0.15, 0.2) is 30.3 Å². The van der Waals surface area contributed by atoms with E-state index >= 15 is 0 Å². The topological polar surface area (TPSA) is 84.9 Å². The summed E-state index contributed by atoms with van der Waals surface area (Å²) >= 11 is 0. The first-order chi connectivity index (χ1) is 14.1. The number of amides is 2. The normalized spacial score (nSPS) is 17.5. The van der Waals surface area contributed by atoms with Gasteiger partial charge in [0.1, 0.15) is 24.3 Å². The Morgan fingerprint density at radius 2 is 1.83 bits per heavy atom. The third-order valence-corrected chi connectivity index (χ3v) is 4.73. The van der Waals surface area contributed by atoms with Crippen LogP contribution in [0.5, 0.6) is 0 Å². The molecule has 30 heavy (non-hydrogen) atoms. The van der Waals surface area contributed by atoms with Gasteiger partial charge in [0, 0.05) is 6.54 Å². The van der Waals surface area contributed by atoms with Gasteiger partial charge in [0.05, 0.1) is 0 Å². The van der Waals surface area contributed by atoms with Crippen molar-refractivity contribution >= 4 is 18.0 Å². The van der Waals surface area contributed by atoms with E-state index in [2.05, 4.69) is 5.32 Å². The number of likely N-dealkylation sites (tertiary alicyclic amines) is 1. The quantitative estimate of drug-likeness (QED) is 0.683. The summed E-state index contributed by atoms with van der Waals surface area (Å²) in [7, 11) is 0. The third-order valence-electron chi connectivity index (χ3n) is 4.73. The van der Waals surface area contributed by atoms with Crippen LogP contribution in [0.4, 0.5) is 4.79 Å². The number of benzene rings is 1. The van der Waals surface area contributed by atoms with Crippen molar-refractivity contribution in [3.63, 3.8) is 0 Å². The largest absolute Gasteiger partial charge is 0.459 e. The summed E-state index contributed by atoms with van der Waals surface area (Å²) in [5.41, 5.74) is 0.235. The van der Waals surface area contributed by atoms with Crippen LogP contribution in [0.25, 0.3) is 0 Å². The van der Waals surface area contributed by atoms with Crippen molar-refractivity contribution in [2.24, 2.45) is 5.92 Å². The van der Waals surface area contributed by atoms with Crippen molar-refractivity contribution in [1.29, 1.82) is 0 Å². The van der Waals surface area contributed by atoms with Gasteiger partial charge in [0.15, 0.2) is 0 Å². The summed E-state index contributed by atoms with van der Waals surface area (Å²) in [4.78, 5) is 39.7. The second-order valence-electron chi connectivity index (χ2n) is 9.11. The molecule has 1 aromatic rings. The van der Waals surface area contributed by atoms with Gasteiger partial charge >= 0.3 is 12.1 Å². The highest BCUT2D eigenvalue weighted by molar-refractivity contribution is 5.90. The van der Waals surface area contributed by atoms with Crippen molar-refractivity contribution in [2.75, 3.05) is 6.54 Å². The highest BCUT2D eigenvalue weighted by Gasteiger charge is 2.39. The molecule has 0 aliphatic carbocycles. The first kappa shape index (κ1) is 23.7. The van der Waals surface area contributed by atoms with Crippen LogP contribution in [0, 0.1) is 5.92 Å². The molecule has 1 heterocycles. The number of nitrogens with one attached hydrogen (secondary N) is 1. The van der Waals surface area contributed by atoms with E-state index in [0.717, 1.165) is 12.0 Å². The van der Waals surface area contributed by atoms with E-state index in [0.29, 0.717) is 19.4 Å². The number of carbonyl (C=O) groups is 3. The van der Waals surface area contributed by atoms with Gasteiger partial charge in [-0.15, -0.1) is 0 Å². The molecule has 1 aliphatic rings. The molecule has 2 atom stereocenters. The maximum Gasteiger partial charge on any atom is 0.408 e. The molecule has 0 aromatic heterocycles. The molecule has 7 heteroatoms. The Hall–Kier alpha value is -2.57. The summed E-state index contributed by atoms with van der Waals surface area (Å²) in [5, 5.41) is 2.69. The molecule has 1 aliphatic heterocycles. The molecule has 0 bridgehead atoms. The monoisotopic (exact) mass is 418 g/mol. The number of carbonyl (C=O) groups excluding carboxylic acids is 3. The van der Waals surface area contributed by atoms with Crippen molar-refractivity contribution in [1.82, 2.24) is 10.2 Å².